The minimum absolute atomic E-state index is 0.00996. The number of carbonyl (C=O) groups is 5. The van der Waals surface area contributed by atoms with Crippen LogP contribution < -0.4 is 24.5 Å². The first-order chi connectivity index (χ1) is 63.5. The summed E-state index contributed by atoms with van der Waals surface area (Å²) in [5.41, 5.74) is 13.2. The molecule has 0 aliphatic carbocycles. The Balaban J connectivity index is 0.000000160. The maximum atomic E-state index is 14.2. The third kappa shape index (κ3) is 27.7. The van der Waals surface area contributed by atoms with E-state index in [-0.39, 0.29) is 78.3 Å². The Labute approximate surface area is 761 Å². The summed E-state index contributed by atoms with van der Waals surface area (Å²) in [5, 5.41) is 0. The molecule has 0 N–H and O–H groups in total. The van der Waals surface area contributed by atoms with Gasteiger partial charge in [0.25, 0.3) is 0 Å². The number of alkyl halides is 6. The quantitative estimate of drug-likeness (QED) is 0.0294. The van der Waals surface area contributed by atoms with Crippen LogP contribution in [0.15, 0.2) is 299 Å². The molecular weight excluding hydrogens is 1720 g/mol. The molecule has 30 heteroatoms. The van der Waals surface area contributed by atoms with E-state index < -0.39 is 40.9 Å². The van der Waals surface area contributed by atoms with Crippen molar-refractivity contribution in [1.82, 2.24) is 49.8 Å². The van der Waals surface area contributed by atoms with Gasteiger partial charge in [-0.05, 0) is 182 Å². The zero-order valence-electron chi connectivity index (χ0n) is 73.4. The topological polar surface area (TPSA) is 230 Å². The van der Waals surface area contributed by atoms with Crippen LogP contribution in [-0.2, 0) is 44.5 Å². The molecule has 0 unspecified atom stereocenters. The number of Topliss-reactive ketones (excluding diaryl/α,β-unsaturated/α-hetero) is 5. The number of halogens is 10. The van der Waals surface area contributed by atoms with Crippen LogP contribution >= 0.6 is 0 Å². The second-order valence-electron chi connectivity index (χ2n) is 30.6. The Morgan fingerprint density at radius 3 is 1.16 bits per heavy atom. The van der Waals surface area contributed by atoms with Crippen LogP contribution in [0.1, 0.15) is 119 Å². The number of terminal acetylenes is 1. The smallest absolute Gasteiger partial charge is 0.343 e. The average Bonchev–Trinajstić information content (AvgIpc) is 0.827. The number of hydrogen-bond donors (Lipinski definition) is 0. The van der Waals surface area contributed by atoms with Gasteiger partial charge < -0.3 is 24.5 Å². The fraction of sp³-hybridized carbons (Fsp3) is 0.155. The van der Waals surface area contributed by atoms with Crippen molar-refractivity contribution in [2.75, 3.05) is 59.7 Å². The molecule has 0 fully saturated rings. The molecule has 0 saturated carbocycles. The molecule has 15 rings (SSSR count). The molecule has 0 spiro atoms. The molecule has 7 aromatic heterocycles. The van der Waals surface area contributed by atoms with Gasteiger partial charge in [0.2, 0.25) is 0 Å². The molecule has 674 valence electrons. The minimum atomic E-state index is -4.47. The number of rotatable bonds is 25. The minimum Gasteiger partial charge on any atom is -0.343 e. The van der Waals surface area contributed by atoms with Crippen molar-refractivity contribution in [3.8, 4) is 12.3 Å². The van der Waals surface area contributed by atoms with Crippen molar-refractivity contribution in [1.29, 1.82) is 0 Å². The fourth-order valence-electron chi connectivity index (χ4n) is 13.4. The number of aromatic nitrogens is 10. The standard InChI is InChI=1S/C23H17F3N2O.C22H19F3N2O.C20H18FN3O.C19H16F2N4O.C19H17FN4O/c1-3-16-6-4-8-18(10-16)22(29)12-17-7-5-9-20(11-17)28(2)21-13-19(14-27-15-21)23(24,25)26;1-15-5-3-7-17(9-15)21(28)11-16-6-4-8-19(10-16)27(2)20-12-18(13-26-14-20)22(23,24)25;1-14-4-3-5-16(6-14)20(25)9-15-7-17(21)10-18(8-15)24(2)19-11-22-13-23-12-19;1-12-3-5-16(21)19(24-12)18(26)8-13-4-6-15(20)17(7-13)25(2)14-9-22-11-23-10-14;1-13-3-6-17(23-9-13)19(25)8-14-4-5-16(20)18(7-14)24(2)15-10-21-12-22-11-15/h1,4-11,13-15H,12H2,2H3;3-10,12-14H,11H2,1-2H3;3-8,10-13H,9H2,1-2H3;3-7,9-11H,8H2,1-2H3;3-7,9-12H,8H2,1-2H3. The van der Waals surface area contributed by atoms with Gasteiger partial charge in [-0.25, -0.2) is 52.4 Å². The van der Waals surface area contributed by atoms with Gasteiger partial charge in [0.15, 0.2) is 34.7 Å². The monoisotopic (exact) mass is 1800 g/mol. The van der Waals surface area contributed by atoms with Crippen LogP contribution in [0.25, 0.3) is 0 Å². The van der Waals surface area contributed by atoms with Crippen LogP contribution in [0.3, 0.4) is 0 Å². The Morgan fingerprint density at radius 2 is 0.714 bits per heavy atom. The van der Waals surface area contributed by atoms with E-state index in [1.165, 1.54) is 73.8 Å². The maximum Gasteiger partial charge on any atom is 0.417 e. The Morgan fingerprint density at radius 1 is 0.323 bits per heavy atom. The number of ketones is 5. The molecule has 0 saturated heterocycles. The van der Waals surface area contributed by atoms with E-state index in [4.69, 9.17) is 6.42 Å². The zero-order valence-corrected chi connectivity index (χ0v) is 73.4. The molecule has 8 aromatic carbocycles. The van der Waals surface area contributed by atoms with E-state index in [0.717, 1.165) is 58.0 Å². The summed E-state index contributed by atoms with van der Waals surface area (Å²) in [5.74, 6) is -0.0907. The van der Waals surface area contributed by atoms with Crippen LogP contribution in [0, 0.1) is 63.3 Å². The largest absolute Gasteiger partial charge is 0.417 e. The summed E-state index contributed by atoms with van der Waals surface area (Å²) in [6.45, 7) is 7.46. The summed E-state index contributed by atoms with van der Waals surface area (Å²) in [7, 11) is 8.52. The average molecular weight is 1800 g/mol. The van der Waals surface area contributed by atoms with Gasteiger partial charge in [0.1, 0.15) is 47.8 Å². The van der Waals surface area contributed by atoms with Crippen molar-refractivity contribution in [3.05, 3.63) is 418 Å². The van der Waals surface area contributed by atoms with E-state index >= 15 is 0 Å². The number of benzene rings is 8. The van der Waals surface area contributed by atoms with Gasteiger partial charge in [-0.1, -0.05) is 108 Å². The first-order valence-electron chi connectivity index (χ1n) is 41.0. The third-order valence-corrected chi connectivity index (χ3v) is 20.6. The molecule has 20 nitrogen and oxygen atoms in total. The van der Waals surface area contributed by atoms with Gasteiger partial charge in [-0.15, -0.1) is 6.42 Å². The number of hydrogen-bond acceptors (Lipinski definition) is 20. The molecule has 0 aliphatic rings. The van der Waals surface area contributed by atoms with E-state index in [1.54, 1.807) is 213 Å². The highest BCUT2D eigenvalue weighted by Gasteiger charge is 2.33. The van der Waals surface area contributed by atoms with E-state index in [9.17, 15) is 67.9 Å². The van der Waals surface area contributed by atoms with Crippen LogP contribution in [0.4, 0.5) is 101 Å². The highest BCUT2D eigenvalue weighted by molar-refractivity contribution is 6.00. The van der Waals surface area contributed by atoms with Crippen molar-refractivity contribution < 1.29 is 67.9 Å². The number of pyridine rings is 4. The fourth-order valence-corrected chi connectivity index (χ4v) is 13.4. The van der Waals surface area contributed by atoms with Gasteiger partial charge in [-0.3, -0.25) is 38.9 Å². The van der Waals surface area contributed by atoms with Crippen LogP contribution in [0.5, 0.6) is 0 Å². The predicted molar refractivity (Wildman–Crippen MR) is 492 cm³/mol. The second kappa shape index (κ2) is 45.2. The number of aryl methyl sites for hydroxylation is 4. The number of anilines is 10. The van der Waals surface area contributed by atoms with Crippen molar-refractivity contribution in [2.24, 2.45) is 0 Å². The molecule has 0 amide bonds. The Bertz CT molecular complexity index is 6650. The van der Waals surface area contributed by atoms with E-state index in [1.807, 2.05) is 75.4 Å². The van der Waals surface area contributed by atoms with Crippen molar-refractivity contribution >= 4 is 85.8 Å². The lowest BCUT2D eigenvalue weighted by molar-refractivity contribution is -0.138. The molecule has 0 bridgehead atoms. The maximum absolute atomic E-state index is 14.2. The third-order valence-electron chi connectivity index (χ3n) is 20.6. The summed E-state index contributed by atoms with van der Waals surface area (Å²) in [6, 6.07) is 57.8. The highest BCUT2D eigenvalue weighted by atomic mass is 19.4. The molecule has 0 radical (unpaired) electrons. The lowest BCUT2D eigenvalue weighted by Gasteiger charge is -2.21. The summed E-state index contributed by atoms with van der Waals surface area (Å²) in [6.07, 6.45) is 16.8. The Hall–Kier alpha value is -16.2. The zero-order chi connectivity index (χ0) is 95.6. The second-order valence-corrected chi connectivity index (χ2v) is 30.6. The SMILES string of the molecule is C#Cc1cccc(C(=O)Cc2cccc(N(C)c3cncc(C(F)(F)F)c3)c2)c1.Cc1ccc(C(=O)Cc2ccc(F)c(N(C)c3cncnc3)c2)nc1.Cc1ccc(F)c(C(=O)Cc2ccc(F)c(N(C)c3cncnc3)c2)n1.Cc1cccc(C(=O)Cc2cc(F)cc(N(C)c3cncnc3)c2)c1.Cc1cccc(C(=O)Cc2cccc(N(C)c3cncc(C(F)(F)F)c3)c2)c1. The van der Waals surface area contributed by atoms with E-state index in [0.29, 0.717) is 95.8 Å². The Kier molecular flexibility index (Phi) is 33.1. The van der Waals surface area contributed by atoms with Crippen LogP contribution in [-0.4, -0.2) is 114 Å². The summed E-state index contributed by atoms with van der Waals surface area (Å²) < 4.78 is 134. The molecular formula is C103H87F10N15O5. The summed E-state index contributed by atoms with van der Waals surface area (Å²) in [4.78, 5) is 110. The molecule has 0 atom stereocenters. The van der Waals surface area contributed by atoms with Crippen molar-refractivity contribution in [2.45, 2.75) is 72.2 Å². The highest BCUT2D eigenvalue weighted by Crippen LogP contribution is 2.37. The molecule has 15 aromatic rings. The first-order valence-corrected chi connectivity index (χ1v) is 41.0. The van der Waals surface area contributed by atoms with E-state index in [2.05, 4.69) is 55.8 Å². The molecule has 0 aliphatic heterocycles. The lowest BCUT2D eigenvalue weighted by atomic mass is 10.0. The predicted octanol–water partition coefficient (Wildman–Crippen LogP) is 22.2. The molecule has 7 heterocycles. The molecule has 133 heavy (non-hydrogen) atoms. The van der Waals surface area contributed by atoms with Crippen LogP contribution in [0.2, 0.25) is 0 Å². The lowest BCUT2D eigenvalue weighted by Crippen LogP contribution is -2.13. The first kappa shape index (κ1) is 97.4. The number of nitrogens with zero attached hydrogens (tertiary/aromatic N) is 15. The van der Waals surface area contributed by atoms with Gasteiger partial charge in [0.05, 0.1) is 101 Å². The van der Waals surface area contributed by atoms with Gasteiger partial charge in [-0.2, -0.15) is 26.3 Å². The number of carbonyl (C=O) groups excluding carboxylic acids is 5. The van der Waals surface area contributed by atoms with Crippen molar-refractivity contribution in [3.63, 3.8) is 0 Å². The van der Waals surface area contributed by atoms with Gasteiger partial charge >= 0.3 is 12.4 Å². The van der Waals surface area contributed by atoms with Gasteiger partial charge in [0, 0.05) is 131 Å². The normalized spacial score (nSPS) is 10.8. The summed E-state index contributed by atoms with van der Waals surface area (Å²) >= 11 is 0.